The minimum absolute atomic E-state index is 0.0739. The maximum atomic E-state index is 15.1. The molecule has 7 rings (SSSR count). The van der Waals surface area contributed by atoms with Crippen molar-refractivity contribution in [2.24, 2.45) is 5.73 Å². The molecule has 5 aliphatic rings. The summed E-state index contributed by atoms with van der Waals surface area (Å²) in [5.41, 5.74) is 15.5. The highest BCUT2D eigenvalue weighted by Gasteiger charge is 2.41. The van der Waals surface area contributed by atoms with Crippen LogP contribution in [0.1, 0.15) is 119 Å². The topological polar surface area (TPSA) is 228 Å². The number of imide groups is 1. The van der Waals surface area contributed by atoms with Crippen molar-refractivity contribution in [2.75, 3.05) is 78.9 Å². The fraction of sp³-hybridized carbons (Fsp3) is 0.478. The molecule has 64 heavy (non-hydrogen) atoms. The van der Waals surface area contributed by atoms with Gasteiger partial charge in [0.25, 0.3) is 21.9 Å². The molecule has 2 atom stereocenters. The molecule has 0 aliphatic carbocycles. The smallest absolute Gasteiger partial charge is 0.266 e. The van der Waals surface area contributed by atoms with Crippen molar-refractivity contribution < 1.29 is 36.9 Å². The number of nitrogens with two attached hydrogens (primary N) is 1. The molecule has 342 valence electrons. The lowest BCUT2D eigenvalue weighted by molar-refractivity contribution is -0.130. The maximum Gasteiger partial charge on any atom is 0.266 e. The number of ether oxygens (including phenoxy) is 1. The zero-order valence-electron chi connectivity index (χ0n) is 37.7. The number of fused-ring (bicyclic) bond motifs is 8. The molecule has 0 aromatic carbocycles. The molecule has 5 N–H and O–H groups in total. The van der Waals surface area contributed by atoms with Gasteiger partial charge in [0, 0.05) is 107 Å². The lowest BCUT2D eigenvalue weighted by atomic mass is 9.84. The van der Waals surface area contributed by atoms with Crippen molar-refractivity contribution in [3.63, 3.8) is 0 Å². The SMILES string of the molecule is CCC1=C(C)c2cc3nc(cc4[nH]c(c5c6[nH]c(cc1n2)c(C)c6C(=O)N(CCN1CCOCC1)C5=O)[C@@H](CCC(=O)N(C)CCN)[C@@H]4C)C(C)=C3/C=C/C(=O)N(C)CCS(=O)(=O)O. The highest BCUT2D eigenvalue weighted by atomic mass is 32.2. The summed E-state index contributed by atoms with van der Waals surface area (Å²) in [7, 11) is -1.09. The van der Waals surface area contributed by atoms with E-state index in [0.717, 1.165) is 22.4 Å². The monoisotopic (exact) mass is 897 g/mol. The normalized spacial score (nSPS) is 18.7. The van der Waals surface area contributed by atoms with Gasteiger partial charge < -0.3 is 30.2 Å². The van der Waals surface area contributed by atoms with E-state index in [2.05, 4.69) is 14.9 Å². The highest BCUT2D eigenvalue weighted by Crippen LogP contribution is 2.45. The number of nitrogens with zero attached hydrogens (tertiary/aromatic N) is 6. The van der Waals surface area contributed by atoms with E-state index in [1.807, 2.05) is 52.8 Å². The first kappa shape index (κ1) is 46.5. The Hall–Kier alpha value is -5.53. The van der Waals surface area contributed by atoms with Gasteiger partial charge in [0.1, 0.15) is 0 Å². The van der Waals surface area contributed by atoms with Crippen LogP contribution in [0.2, 0.25) is 0 Å². The molecular formula is C46H59N9O8S. The number of aryl methyl sites for hydroxylation is 1. The van der Waals surface area contributed by atoms with Crippen LogP contribution in [0.25, 0.3) is 33.3 Å². The van der Waals surface area contributed by atoms with Crippen molar-refractivity contribution in [3.05, 3.63) is 81.2 Å². The number of hydrogen-bond donors (Lipinski definition) is 4. The maximum absolute atomic E-state index is 15.1. The minimum Gasteiger partial charge on any atom is -0.379 e. The standard InChI is InChI=1S/C46H59N9O8S/c1-8-30-26(2)34-24-38-31(9-11-40(57)53(7)19-22-64(60,61)62)27(3)33(49-38)23-35-28(4)32(10-12-39(56)52(6)14-13-47)43(50-35)42-44-41(29(5)36(51-44)25-37(30)48-34)45(58)55(46(42)59)16-15-54-17-20-63-21-18-54/h9,11,23-25,28,32,50-51H,8,10,12-22,47H2,1-7H3,(H,60,61,62)/b11-9+,35-23?,37-25?,38-24?,43-42?/t28-,32-/m0/s1. The van der Waals surface area contributed by atoms with Crippen molar-refractivity contribution in [2.45, 2.75) is 65.7 Å². The van der Waals surface area contributed by atoms with Crippen LogP contribution in [-0.4, -0.2) is 155 Å². The van der Waals surface area contributed by atoms with Gasteiger partial charge in [-0.15, -0.1) is 0 Å². The predicted molar refractivity (Wildman–Crippen MR) is 245 cm³/mol. The molecule has 2 aromatic rings. The molecule has 8 bridgehead atoms. The van der Waals surface area contributed by atoms with E-state index in [4.69, 9.17) is 20.4 Å². The summed E-state index contributed by atoms with van der Waals surface area (Å²) in [5, 5.41) is 0. The average Bonchev–Trinajstić information content (AvgIpc) is 3.94. The van der Waals surface area contributed by atoms with E-state index in [1.165, 1.54) is 22.9 Å². The van der Waals surface area contributed by atoms with Gasteiger partial charge in [-0.3, -0.25) is 33.5 Å². The predicted octanol–water partition coefficient (Wildman–Crippen LogP) is 4.53. The van der Waals surface area contributed by atoms with E-state index in [-0.39, 0.29) is 43.2 Å². The number of allylic oxidation sites excluding steroid dienone is 5. The molecule has 7 heterocycles. The number of aromatic nitrogens is 4. The lowest BCUT2D eigenvalue weighted by Crippen LogP contribution is -2.47. The quantitative estimate of drug-likeness (QED) is 0.117. The van der Waals surface area contributed by atoms with Gasteiger partial charge in [0.05, 0.1) is 58.4 Å². The van der Waals surface area contributed by atoms with Crippen molar-refractivity contribution >= 4 is 67.1 Å². The summed E-state index contributed by atoms with van der Waals surface area (Å²) in [4.78, 5) is 80.1. The zero-order valence-corrected chi connectivity index (χ0v) is 38.5. The fourth-order valence-electron chi connectivity index (χ4n) is 9.08. The number of likely N-dealkylation sites (N-methyl/N-ethyl adjacent to an activating group) is 2. The first-order chi connectivity index (χ1) is 30.4. The van der Waals surface area contributed by atoms with E-state index < -0.39 is 27.7 Å². The molecule has 0 unspecified atom stereocenters. The number of hydrogen-bond acceptors (Lipinski definition) is 11. The minimum atomic E-state index is -4.27. The fourth-order valence-corrected chi connectivity index (χ4v) is 9.59. The Kier molecular flexibility index (Phi) is 13.7. The van der Waals surface area contributed by atoms with Crippen LogP contribution in [0.5, 0.6) is 0 Å². The summed E-state index contributed by atoms with van der Waals surface area (Å²) >= 11 is 0. The summed E-state index contributed by atoms with van der Waals surface area (Å²) < 4.78 is 37.6. The van der Waals surface area contributed by atoms with Crippen LogP contribution in [0, 0.1) is 6.92 Å². The summed E-state index contributed by atoms with van der Waals surface area (Å²) in [6.07, 6.45) is 4.25. The second-order valence-electron chi connectivity index (χ2n) is 17.1. The molecule has 2 aromatic heterocycles. The largest absolute Gasteiger partial charge is 0.379 e. The Labute approximate surface area is 373 Å². The van der Waals surface area contributed by atoms with Gasteiger partial charge in [-0.25, -0.2) is 9.97 Å². The van der Waals surface area contributed by atoms with E-state index in [0.29, 0.717) is 121 Å². The summed E-state index contributed by atoms with van der Waals surface area (Å²) in [5.74, 6) is -2.52. The molecule has 1 fully saturated rings. The highest BCUT2D eigenvalue weighted by molar-refractivity contribution is 7.85. The number of nitrogens with one attached hydrogen (secondary N) is 2. The molecule has 17 nitrogen and oxygen atoms in total. The molecule has 0 spiro atoms. The second-order valence-corrected chi connectivity index (χ2v) is 18.7. The summed E-state index contributed by atoms with van der Waals surface area (Å²) in [6.45, 7) is 13.6. The molecule has 1 saturated heterocycles. The Morgan fingerprint density at radius 3 is 2.31 bits per heavy atom. The third kappa shape index (κ3) is 9.33. The van der Waals surface area contributed by atoms with Crippen molar-refractivity contribution in [1.82, 2.24) is 39.5 Å². The van der Waals surface area contributed by atoms with E-state index >= 15 is 4.79 Å². The van der Waals surface area contributed by atoms with E-state index in [1.54, 1.807) is 18.0 Å². The first-order valence-corrected chi connectivity index (χ1v) is 23.5. The number of rotatable bonds is 14. The van der Waals surface area contributed by atoms with Gasteiger partial charge in [-0.05, 0) is 80.2 Å². The zero-order chi connectivity index (χ0) is 46.2. The molecule has 18 heteroatoms. The molecule has 5 aliphatic heterocycles. The Bertz CT molecular complexity index is 2670. The van der Waals surface area contributed by atoms with E-state index in [9.17, 15) is 27.4 Å². The van der Waals surface area contributed by atoms with Crippen LogP contribution in [0.4, 0.5) is 0 Å². The van der Waals surface area contributed by atoms with Crippen molar-refractivity contribution in [3.8, 4) is 0 Å². The molecule has 0 saturated carbocycles. The molecule has 4 amide bonds. The van der Waals surface area contributed by atoms with Crippen LogP contribution in [0.15, 0.2) is 30.4 Å². The molecular weight excluding hydrogens is 839 g/mol. The van der Waals surface area contributed by atoms with Crippen LogP contribution in [0.3, 0.4) is 0 Å². The first-order valence-electron chi connectivity index (χ1n) is 21.9. The Morgan fingerprint density at radius 1 is 0.938 bits per heavy atom. The van der Waals surface area contributed by atoms with Gasteiger partial charge in [-0.2, -0.15) is 8.42 Å². The number of morpholine rings is 1. The Morgan fingerprint density at radius 2 is 1.62 bits per heavy atom. The van der Waals surface area contributed by atoms with Crippen LogP contribution < -0.4 is 5.73 Å². The number of aromatic amines is 2. The van der Waals surface area contributed by atoms with Gasteiger partial charge >= 0.3 is 0 Å². The van der Waals surface area contributed by atoms with Crippen LogP contribution >= 0.6 is 0 Å². The number of carbonyl (C=O) groups is 4. The number of carbonyl (C=O) groups excluding carboxylic acids is 4. The van der Waals surface area contributed by atoms with Gasteiger partial charge in [-0.1, -0.05) is 13.8 Å². The average molecular weight is 898 g/mol. The summed E-state index contributed by atoms with van der Waals surface area (Å²) in [6, 6.07) is 5.75. The van der Waals surface area contributed by atoms with Crippen molar-refractivity contribution in [1.29, 1.82) is 0 Å². The molecule has 0 radical (unpaired) electrons. The third-order valence-corrected chi connectivity index (χ3v) is 13.8. The lowest BCUT2D eigenvalue weighted by Gasteiger charge is -2.31. The van der Waals surface area contributed by atoms with Gasteiger partial charge in [0.2, 0.25) is 11.8 Å². The van der Waals surface area contributed by atoms with Crippen LogP contribution in [-0.2, 0) is 24.4 Å². The third-order valence-electron chi connectivity index (χ3n) is 13.1. The van der Waals surface area contributed by atoms with Gasteiger partial charge in [0.15, 0.2) is 0 Å². The number of amides is 4. The second kappa shape index (κ2) is 18.9. The Balaban J connectivity index is 1.47. The number of H-pyrrole nitrogens is 2.